The minimum atomic E-state index is -0.524. The number of carbonyl (C=O) groups excluding carboxylic acids is 1. The van der Waals surface area contributed by atoms with Crippen molar-refractivity contribution >= 4 is 29.2 Å². The Labute approximate surface area is 142 Å². The van der Waals surface area contributed by atoms with Crippen molar-refractivity contribution in [1.82, 2.24) is 10.3 Å². The molecule has 0 bridgehead atoms. The number of carbonyl (C=O) groups is 1. The summed E-state index contributed by atoms with van der Waals surface area (Å²) < 4.78 is 0. The summed E-state index contributed by atoms with van der Waals surface area (Å²) in [6, 6.07) is 8.99. The largest absolute Gasteiger partial charge is 0.345 e. The van der Waals surface area contributed by atoms with Gasteiger partial charge in [0, 0.05) is 17.6 Å². The van der Waals surface area contributed by atoms with Crippen molar-refractivity contribution in [3.63, 3.8) is 0 Å². The normalized spacial score (nSPS) is 13.4. The summed E-state index contributed by atoms with van der Waals surface area (Å²) in [6.45, 7) is 6.37. The van der Waals surface area contributed by atoms with Crippen LogP contribution < -0.4 is 16.6 Å². The van der Waals surface area contributed by atoms with Gasteiger partial charge in [0.1, 0.15) is 5.56 Å². The molecule has 2 rings (SSSR count). The zero-order valence-corrected chi connectivity index (χ0v) is 14.5. The van der Waals surface area contributed by atoms with Crippen molar-refractivity contribution in [3.05, 3.63) is 46.2 Å². The van der Waals surface area contributed by atoms with E-state index in [2.05, 4.69) is 24.1 Å². The Kier molecular flexibility index (Phi) is 6.36. The van der Waals surface area contributed by atoms with Gasteiger partial charge in [0.15, 0.2) is 0 Å². The number of amides is 1. The van der Waals surface area contributed by atoms with Crippen LogP contribution >= 0.6 is 12.4 Å². The van der Waals surface area contributed by atoms with E-state index < -0.39 is 5.54 Å². The summed E-state index contributed by atoms with van der Waals surface area (Å²) in [4.78, 5) is 27.3. The summed E-state index contributed by atoms with van der Waals surface area (Å²) in [7, 11) is 0. The molecule has 0 spiro atoms. The number of aromatic nitrogens is 1. The molecule has 1 unspecified atom stereocenters. The van der Waals surface area contributed by atoms with Gasteiger partial charge in [-0.15, -0.1) is 12.4 Å². The number of halogens is 1. The number of benzene rings is 1. The molecule has 0 saturated heterocycles. The minimum absolute atomic E-state index is 0. The first-order valence-electron chi connectivity index (χ1n) is 7.49. The second kappa shape index (κ2) is 7.62. The quantitative estimate of drug-likeness (QED) is 0.783. The topological polar surface area (TPSA) is 88.0 Å². The summed E-state index contributed by atoms with van der Waals surface area (Å²) >= 11 is 0. The molecular formula is C17H24ClN3O2. The molecule has 1 aromatic heterocycles. The van der Waals surface area contributed by atoms with Crippen molar-refractivity contribution in [3.8, 4) is 0 Å². The van der Waals surface area contributed by atoms with E-state index >= 15 is 0 Å². The molecule has 1 heterocycles. The molecule has 1 aromatic carbocycles. The molecule has 23 heavy (non-hydrogen) atoms. The first-order valence-corrected chi connectivity index (χ1v) is 7.49. The van der Waals surface area contributed by atoms with Crippen LogP contribution in [0.1, 0.15) is 37.6 Å². The fourth-order valence-electron chi connectivity index (χ4n) is 2.74. The van der Waals surface area contributed by atoms with Crippen LogP contribution in [0.15, 0.2) is 35.1 Å². The highest BCUT2D eigenvalue weighted by molar-refractivity contribution is 5.97. The highest BCUT2D eigenvalue weighted by atomic mass is 35.5. The van der Waals surface area contributed by atoms with Crippen LogP contribution in [0.5, 0.6) is 0 Å². The molecule has 4 N–H and O–H groups in total. The van der Waals surface area contributed by atoms with Crippen LogP contribution in [-0.4, -0.2) is 23.0 Å². The number of rotatable bonds is 5. The zero-order chi connectivity index (χ0) is 16.3. The lowest BCUT2D eigenvalue weighted by atomic mass is 9.90. The molecule has 0 fully saturated rings. The van der Waals surface area contributed by atoms with Crippen LogP contribution in [0.4, 0.5) is 0 Å². The van der Waals surface area contributed by atoms with E-state index in [9.17, 15) is 9.59 Å². The first kappa shape index (κ1) is 19.2. The maximum atomic E-state index is 12.5. The molecule has 6 heteroatoms. The Morgan fingerprint density at radius 1 is 1.35 bits per heavy atom. The molecule has 126 valence electrons. The van der Waals surface area contributed by atoms with E-state index in [-0.39, 0.29) is 29.4 Å². The van der Waals surface area contributed by atoms with E-state index in [4.69, 9.17) is 5.73 Å². The van der Waals surface area contributed by atoms with Gasteiger partial charge in [-0.2, -0.15) is 0 Å². The number of para-hydroxylation sites is 1. The van der Waals surface area contributed by atoms with Gasteiger partial charge in [0.25, 0.3) is 11.5 Å². The van der Waals surface area contributed by atoms with Gasteiger partial charge < -0.3 is 16.0 Å². The standard InChI is InChI=1S/C17H23N3O2.ClH/c1-11(2)9-17(3,10-18)20-16(22)13-8-12-6-4-5-7-14(12)19-15(13)21;/h4-8,11H,9-10,18H2,1-3H3,(H,19,21)(H,20,22);1H. The minimum Gasteiger partial charge on any atom is -0.345 e. The fraction of sp³-hybridized carbons (Fsp3) is 0.412. The Balaban J connectivity index is 0.00000264. The Morgan fingerprint density at radius 3 is 2.61 bits per heavy atom. The van der Waals surface area contributed by atoms with Crippen LogP contribution in [0.2, 0.25) is 0 Å². The fourth-order valence-corrected chi connectivity index (χ4v) is 2.74. The summed E-state index contributed by atoms with van der Waals surface area (Å²) in [5.41, 5.74) is 5.73. The lowest BCUT2D eigenvalue weighted by molar-refractivity contribution is 0.0897. The van der Waals surface area contributed by atoms with Crippen LogP contribution in [0, 0.1) is 5.92 Å². The molecule has 0 aliphatic heterocycles. The summed E-state index contributed by atoms with van der Waals surface area (Å²) in [5.74, 6) is 0.00402. The summed E-state index contributed by atoms with van der Waals surface area (Å²) in [5, 5.41) is 3.74. The highest BCUT2D eigenvalue weighted by Crippen LogP contribution is 2.16. The molecule has 1 atom stereocenters. The maximum absolute atomic E-state index is 12.5. The van der Waals surface area contributed by atoms with E-state index in [1.165, 1.54) is 0 Å². The lowest BCUT2D eigenvalue weighted by Gasteiger charge is -2.31. The van der Waals surface area contributed by atoms with Gasteiger partial charge in [-0.05, 0) is 36.8 Å². The van der Waals surface area contributed by atoms with E-state index in [1.807, 2.05) is 25.1 Å². The third-order valence-electron chi connectivity index (χ3n) is 3.72. The third-order valence-corrected chi connectivity index (χ3v) is 3.72. The van der Waals surface area contributed by atoms with Gasteiger partial charge in [-0.3, -0.25) is 9.59 Å². The SMILES string of the molecule is CC(C)CC(C)(CN)NC(=O)c1cc2ccccc2[nH]c1=O.Cl. The zero-order valence-electron chi connectivity index (χ0n) is 13.7. The van der Waals surface area contributed by atoms with E-state index in [0.29, 0.717) is 18.0 Å². The smallest absolute Gasteiger partial charge is 0.261 e. The van der Waals surface area contributed by atoms with Gasteiger partial charge in [0.05, 0.1) is 0 Å². The van der Waals surface area contributed by atoms with Crippen molar-refractivity contribution in [1.29, 1.82) is 0 Å². The molecule has 0 saturated carbocycles. The maximum Gasteiger partial charge on any atom is 0.261 e. The van der Waals surface area contributed by atoms with Crippen molar-refractivity contribution in [2.45, 2.75) is 32.7 Å². The predicted octanol–water partition coefficient (Wildman–Crippen LogP) is 2.44. The average molecular weight is 338 g/mol. The Hall–Kier alpha value is -1.85. The molecule has 0 aliphatic carbocycles. The third kappa shape index (κ3) is 4.56. The monoisotopic (exact) mass is 337 g/mol. The number of aromatic amines is 1. The number of hydrogen-bond donors (Lipinski definition) is 3. The number of H-pyrrole nitrogens is 1. The first-order chi connectivity index (χ1) is 10.3. The number of pyridine rings is 1. The lowest BCUT2D eigenvalue weighted by Crippen LogP contribution is -2.52. The summed E-state index contributed by atoms with van der Waals surface area (Å²) in [6.07, 6.45) is 0.751. The van der Waals surface area contributed by atoms with Crippen molar-refractivity contribution in [2.24, 2.45) is 11.7 Å². The number of nitrogens with two attached hydrogens (primary N) is 1. The molecule has 0 aliphatic rings. The molecule has 1 amide bonds. The van der Waals surface area contributed by atoms with Crippen molar-refractivity contribution in [2.75, 3.05) is 6.54 Å². The number of fused-ring (bicyclic) bond motifs is 1. The van der Waals surface area contributed by atoms with Crippen LogP contribution in [0.25, 0.3) is 10.9 Å². The van der Waals surface area contributed by atoms with Crippen molar-refractivity contribution < 1.29 is 4.79 Å². The number of nitrogens with one attached hydrogen (secondary N) is 2. The van der Waals surface area contributed by atoms with E-state index in [1.54, 1.807) is 12.1 Å². The molecular weight excluding hydrogens is 314 g/mol. The Bertz CT molecular complexity index is 742. The second-order valence-corrected chi connectivity index (χ2v) is 6.42. The van der Waals surface area contributed by atoms with Gasteiger partial charge in [-0.1, -0.05) is 32.0 Å². The average Bonchev–Trinajstić information content (AvgIpc) is 2.45. The van der Waals surface area contributed by atoms with Gasteiger partial charge >= 0.3 is 0 Å². The predicted molar refractivity (Wildman–Crippen MR) is 96.2 cm³/mol. The Morgan fingerprint density at radius 2 is 2.00 bits per heavy atom. The van der Waals surface area contributed by atoms with Gasteiger partial charge in [0.2, 0.25) is 0 Å². The molecule has 0 radical (unpaired) electrons. The molecule has 2 aromatic rings. The van der Waals surface area contributed by atoms with Crippen LogP contribution in [0.3, 0.4) is 0 Å². The van der Waals surface area contributed by atoms with E-state index in [0.717, 1.165) is 11.8 Å². The number of hydrogen-bond acceptors (Lipinski definition) is 3. The van der Waals surface area contributed by atoms with Gasteiger partial charge in [-0.25, -0.2) is 0 Å². The van der Waals surface area contributed by atoms with Crippen LogP contribution in [-0.2, 0) is 0 Å². The highest BCUT2D eigenvalue weighted by Gasteiger charge is 2.27. The second-order valence-electron chi connectivity index (χ2n) is 6.42. The molecule has 5 nitrogen and oxygen atoms in total.